The molecule has 0 amide bonds. The molecular formula is C12H14BrNO4. The average Bonchev–Trinajstić information content (AvgIpc) is 2.31. The molecule has 0 aliphatic carbocycles. The van der Waals surface area contributed by atoms with E-state index in [9.17, 15) is 14.9 Å². The fourth-order valence-corrected chi connectivity index (χ4v) is 2.01. The van der Waals surface area contributed by atoms with Crippen LogP contribution in [0.25, 0.3) is 0 Å². The number of halogens is 1. The minimum atomic E-state index is -0.437. The molecule has 1 aromatic rings. The SMILES string of the molecule is CCOC(=O)C(Br)Cc1ccc([N+](=O)[O-])cc1C. The summed E-state index contributed by atoms with van der Waals surface area (Å²) < 4.78 is 4.88. The number of esters is 1. The lowest BCUT2D eigenvalue weighted by molar-refractivity contribution is -0.384. The molecule has 0 aliphatic rings. The van der Waals surface area contributed by atoms with Crippen LogP contribution in [0.5, 0.6) is 0 Å². The lowest BCUT2D eigenvalue weighted by Crippen LogP contribution is -2.20. The van der Waals surface area contributed by atoms with E-state index in [1.54, 1.807) is 19.9 Å². The summed E-state index contributed by atoms with van der Waals surface area (Å²) in [7, 11) is 0. The van der Waals surface area contributed by atoms with E-state index in [0.717, 1.165) is 11.1 Å². The molecule has 1 atom stereocenters. The summed E-state index contributed by atoms with van der Waals surface area (Å²) in [6.45, 7) is 3.86. The number of rotatable bonds is 5. The highest BCUT2D eigenvalue weighted by Crippen LogP contribution is 2.20. The molecule has 0 aromatic heterocycles. The Morgan fingerprint density at radius 1 is 1.56 bits per heavy atom. The van der Waals surface area contributed by atoms with Crippen molar-refractivity contribution >= 4 is 27.6 Å². The highest BCUT2D eigenvalue weighted by molar-refractivity contribution is 9.10. The van der Waals surface area contributed by atoms with E-state index in [0.29, 0.717) is 13.0 Å². The number of benzene rings is 1. The van der Waals surface area contributed by atoms with Gasteiger partial charge < -0.3 is 4.74 Å². The van der Waals surface area contributed by atoms with Gasteiger partial charge in [0.15, 0.2) is 0 Å². The van der Waals surface area contributed by atoms with Crippen molar-refractivity contribution < 1.29 is 14.5 Å². The van der Waals surface area contributed by atoms with Gasteiger partial charge in [0.05, 0.1) is 11.5 Å². The van der Waals surface area contributed by atoms with Crippen molar-refractivity contribution in [2.24, 2.45) is 0 Å². The molecule has 18 heavy (non-hydrogen) atoms. The van der Waals surface area contributed by atoms with Crippen molar-refractivity contribution in [3.8, 4) is 0 Å². The van der Waals surface area contributed by atoms with Crippen molar-refractivity contribution in [1.82, 2.24) is 0 Å². The molecule has 98 valence electrons. The summed E-state index contributed by atoms with van der Waals surface area (Å²) in [6, 6.07) is 4.61. The second-order valence-corrected chi connectivity index (χ2v) is 4.90. The monoisotopic (exact) mass is 315 g/mol. The molecule has 1 unspecified atom stereocenters. The first-order chi connectivity index (χ1) is 8.45. The summed E-state index contributed by atoms with van der Waals surface area (Å²) >= 11 is 3.25. The van der Waals surface area contributed by atoms with E-state index >= 15 is 0 Å². The van der Waals surface area contributed by atoms with E-state index < -0.39 is 9.75 Å². The number of carbonyl (C=O) groups excluding carboxylic acids is 1. The lowest BCUT2D eigenvalue weighted by atomic mass is 10.0. The van der Waals surface area contributed by atoms with Crippen molar-refractivity contribution in [1.29, 1.82) is 0 Å². The Morgan fingerprint density at radius 2 is 2.22 bits per heavy atom. The van der Waals surface area contributed by atoms with Crippen LogP contribution in [0, 0.1) is 17.0 Å². The van der Waals surface area contributed by atoms with Crippen LogP contribution in [-0.4, -0.2) is 22.3 Å². The minimum Gasteiger partial charge on any atom is -0.465 e. The van der Waals surface area contributed by atoms with Gasteiger partial charge in [0.25, 0.3) is 5.69 Å². The number of ether oxygens (including phenoxy) is 1. The van der Waals surface area contributed by atoms with Gasteiger partial charge in [0, 0.05) is 12.1 Å². The van der Waals surface area contributed by atoms with Crippen LogP contribution in [0.1, 0.15) is 18.1 Å². The minimum absolute atomic E-state index is 0.0542. The number of non-ortho nitro benzene ring substituents is 1. The second-order valence-electron chi connectivity index (χ2n) is 3.79. The molecule has 0 heterocycles. The maximum Gasteiger partial charge on any atom is 0.320 e. The Morgan fingerprint density at radius 3 is 2.72 bits per heavy atom. The van der Waals surface area contributed by atoms with Gasteiger partial charge in [-0.2, -0.15) is 0 Å². The zero-order chi connectivity index (χ0) is 13.7. The maximum atomic E-state index is 11.5. The highest BCUT2D eigenvalue weighted by Gasteiger charge is 2.18. The summed E-state index contributed by atoms with van der Waals surface area (Å²) in [4.78, 5) is 21.2. The first-order valence-corrected chi connectivity index (χ1v) is 6.42. The Bertz CT molecular complexity index is 461. The molecule has 0 aliphatic heterocycles. The van der Waals surface area contributed by atoms with E-state index in [4.69, 9.17) is 4.74 Å². The molecule has 1 rings (SSSR count). The van der Waals surface area contributed by atoms with Crippen LogP contribution < -0.4 is 0 Å². The number of nitro benzene ring substituents is 1. The predicted molar refractivity (Wildman–Crippen MR) is 70.9 cm³/mol. The van der Waals surface area contributed by atoms with Gasteiger partial charge in [-0.25, -0.2) is 0 Å². The second kappa shape index (κ2) is 6.49. The van der Waals surface area contributed by atoms with Crippen molar-refractivity contribution in [2.45, 2.75) is 25.1 Å². The van der Waals surface area contributed by atoms with Crippen molar-refractivity contribution in [2.75, 3.05) is 6.61 Å². The molecule has 0 fully saturated rings. The molecular weight excluding hydrogens is 302 g/mol. The molecule has 0 saturated heterocycles. The zero-order valence-electron chi connectivity index (χ0n) is 10.2. The van der Waals surface area contributed by atoms with Gasteiger partial charge in [-0.3, -0.25) is 14.9 Å². The third-order valence-electron chi connectivity index (χ3n) is 2.48. The van der Waals surface area contributed by atoms with Gasteiger partial charge in [-0.15, -0.1) is 0 Å². The molecule has 0 bridgehead atoms. The number of aryl methyl sites for hydroxylation is 1. The number of alkyl halides is 1. The highest BCUT2D eigenvalue weighted by atomic mass is 79.9. The fourth-order valence-electron chi connectivity index (χ4n) is 1.53. The number of nitro groups is 1. The van der Waals surface area contributed by atoms with E-state index in [1.807, 2.05) is 0 Å². The van der Waals surface area contributed by atoms with Crippen LogP contribution in [0.4, 0.5) is 5.69 Å². The first-order valence-electron chi connectivity index (χ1n) is 5.50. The van der Waals surface area contributed by atoms with Gasteiger partial charge in [0.1, 0.15) is 4.83 Å². The maximum absolute atomic E-state index is 11.5. The van der Waals surface area contributed by atoms with Crippen LogP contribution in [0.15, 0.2) is 18.2 Å². The number of hydrogen-bond donors (Lipinski definition) is 0. The van der Waals surface area contributed by atoms with E-state index in [1.165, 1.54) is 12.1 Å². The largest absolute Gasteiger partial charge is 0.465 e. The summed E-state index contributed by atoms with van der Waals surface area (Å²) in [6.07, 6.45) is 0.447. The Labute approximate surface area is 113 Å². The number of carbonyl (C=O) groups is 1. The fraction of sp³-hybridized carbons (Fsp3) is 0.417. The van der Waals surface area contributed by atoms with Gasteiger partial charge in [-0.05, 0) is 31.4 Å². The standard InChI is InChI=1S/C12H14BrNO4/c1-3-18-12(15)11(13)7-9-4-5-10(14(16)17)6-8(9)2/h4-6,11H,3,7H2,1-2H3. The molecule has 0 spiro atoms. The summed E-state index contributed by atoms with van der Waals surface area (Å²) in [5.41, 5.74) is 1.73. The van der Waals surface area contributed by atoms with Gasteiger partial charge >= 0.3 is 5.97 Å². The lowest BCUT2D eigenvalue weighted by Gasteiger charge is -2.10. The third kappa shape index (κ3) is 3.80. The smallest absolute Gasteiger partial charge is 0.320 e. The van der Waals surface area contributed by atoms with Gasteiger partial charge in [-0.1, -0.05) is 22.0 Å². The van der Waals surface area contributed by atoms with E-state index in [2.05, 4.69) is 15.9 Å². The number of nitrogens with zero attached hydrogens (tertiary/aromatic N) is 1. The zero-order valence-corrected chi connectivity index (χ0v) is 11.8. The normalized spacial score (nSPS) is 11.9. The summed E-state index contributed by atoms with van der Waals surface area (Å²) in [5.74, 6) is -0.324. The molecule has 0 saturated carbocycles. The average molecular weight is 316 g/mol. The Hall–Kier alpha value is -1.43. The first kappa shape index (κ1) is 14.6. The van der Waals surface area contributed by atoms with Crippen molar-refractivity contribution in [3.63, 3.8) is 0 Å². The Kier molecular flexibility index (Phi) is 5.27. The molecule has 5 nitrogen and oxygen atoms in total. The van der Waals surface area contributed by atoms with Gasteiger partial charge in [0.2, 0.25) is 0 Å². The topological polar surface area (TPSA) is 69.4 Å². The van der Waals surface area contributed by atoms with E-state index in [-0.39, 0.29) is 11.7 Å². The Balaban J connectivity index is 2.79. The molecule has 6 heteroatoms. The molecule has 0 N–H and O–H groups in total. The molecule has 1 aromatic carbocycles. The molecule has 0 radical (unpaired) electrons. The van der Waals surface area contributed by atoms with Crippen LogP contribution in [0.2, 0.25) is 0 Å². The number of hydrogen-bond acceptors (Lipinski definition) is 4. The van der Waals surface area contributed by atoms with Crippen LogP contribution in [0.3, 0.4) is 0 Å². The third-order valence-corrected chi connectivity index (χ3v) is 3.18. The van der Waals surface area contributed by atoms with Crippen LogP contribution >= 0.6 is 15.9 Å². The van der Waals surface area contributed by atoms with Crippen LogP contribution in [-0.2, 0) is 16.0 Å². The summed E-state index contributed by atoms with van der Waals surface area (Å²) in [5, 5.41) is 10.6. The van der Waals surface area contributed by atoms with Crippen molar-refractivity contribution in [3.05, 3.63) is 39.4 Å². The predicted octanol–water partition coefficient (Wildman–Crippen LogP) is 2.77. The quantitative estimate of drug-likeness (QED) is 0.362.